The van der Waals surface area contributed by atoms with Crippen molar-refractivity contribution in [2.75, 3.05) is 19.0 Å². The lowest BCUT2D eigenvalue weighted by Crippen LogP contribution is -2.69. The Morgan fingerprint density at radius 2 is 1.13 bits per heavy atom. The number of carbonyl (C=O) groups excluding carboxylic acids is 2. The molecule has 0 saturated heterocycles. The Balaban J connectivity index is 2.17. The van der Waals surface area contributed by atoms with Crippen LogP contribution >= 0.6 is 0 Å². The van der Waals surface area contributed by atoms with Crippen LogP contribution < -0.4 is 5.32 Å². The second-order valence-corrected chi connectivity index (χ2v) is 7.66. The molecule has 0 bridgehead atoms. The summed E-state index contributed by atoms with van der Waals surface area (Å²) in [5.41, 5.74) is 0.132. The van der Waals surface area contributed by atoms with Crippen LogP contribution in [0.2, 0.25) is 0 Å². The van der Waals surface area contributed by atoms with Gasteiger partial charge in [0, 0.05) is 23.9 Å². The molecular formula is C22H15F12NO3. The second kappa shape index (κ2) is 10.4. The number of alkyl halides is 12. The summed E-state index contributed by atoms with van der Waals surface area (Å²) in [5, 5.41) is 2.81. The summed E-state index contributed by atoms with van der Waals surface area (Å²) in [6.45, 7) is -3.02. The highest BCUT2D eigenvalue weighted by Crippen LogP contribution is 2.58. The zero-order chi connectivity index (χ0) is 29.3. The first-order valence-corrected chi connectivity index (χ1v) is 10.0. The first-order chi connectivity index (χ1) is 17.2. The Hall–Kier alpha value is -3.46. The Bertz CT molecular complexity index is 1150. The van der Waals surface area contributed by atoms with Crippen LogP contribution in [0.5, 0.6) is 0 Å². The molecule has 210 valence electrons. The van der Waals surface area contributed by atoms with Gasteiger partial charge in [-0.25, -0.2) is 13.6 Å². The third-order valence-corrected chi connectivity index (χ3v) is 5.14. The Kier molecular flexibility index (Phi) is 8.39. The van der Waals surface area contributed by atoms with Gasteiger partial charge in [-0.15, -0.1) is 0 Å². The largest absolute Gasteiger partial charge is 0.455 e. The lowest BCUT2D eigenvalue weighted by molar-refractivity contribution is -0.414. The smallest absolute Gasteiger partial charge is 0.384 e. The average Bonchev–Trinajstić information content (AvgIpc) is 2.86. The summed E-state index contributed by atoms with van der Waals surface area (Å²) in [6, 6.07) is 9.55. The molecule has 2 aromatic rings. The van der Waals surface area contributed by atoms with Crippen molar-refractivity contribution in [2.45, 2.75) is 36.0 Å². The number of rotatable bonds is 11. The number of halogens is 12. The van der Waals surface area contributed by atoms with Gasteiger partial charge < -0.3 is 10.1 Å². The minimum Gasteiger partial charge on any atom is -0.455 e. The molecule has 38 heavy (non-hydrogen) atoms. The van der Waals surface area contributed by atoms with Gasteiger partial charge in [-0.1, -0.05) is 12.1 Å². The van der Waals surface area contributed by atoms with E-state index in [-0.39, 0.29) is 11.1 Å². The molecule has 0 atom stereocenters. The van der Waals surface area contributed by atoms with E-state index in [9.17, 15) is 62.3 Å². The molecule has 0 aliphatic carbocycles. The third kappa shape index (κ3) is 5.25. The lowest BCUT2D eigenvalue weighted by Gasteiger charge is -2.38. The summed E-state index contributed by atoms with van der Waals surface area (Å²) in [4.78, 5) is 24.3. The highest BCUT2D eigenvalue weighted by Gasteiger charge is 2.87. The lowest BCUT2D eigenvalue weighted by atomic mass is 9.94. The summed E-state index contributed by atoms with van der Waals surface area (Å²) < 4.78 is 162. The van der Waals surface area contributed by atoms with E-state index in [4.69, 9.17) is 0 Å². The molecular weight excluding hydrogens is 554 g/mol. The van der Waals surface area contributed by atoms with Gasteiger partial charge in [0.25, 0.3) is 0 Å². The monoisotopic (exact) mass is 569 g/mol. The van der Waals surface area contributed by atoms with Crippen LogP contribution in [0.25, 0.3) is 0 Å². The predicted octanol–water partition coefficient (Wildman–Crippen LogP) is 6.56. The van der Waals surface area contributed by atoms with Gasteiger partial charge in [0.15, 0.2) is 12.4 Å². The van der Waals surface area contributed by atoms with Crippen molar-refractivity contribution < 1.29 is 67.0 Å². The quantitative estimate of drug-likeness (QED) is 0.189. The standard InChI is InChI=1S/C22H15F12NO3/c1-35-14-8-6-12(7-9-14)15(36)11-2-4-13(5-3-11)16(37)38-10-18(25,26)20(29,30)22(33,34)21(31,32)19(27,28)17(23)24/h2-9,17,35H,10H2,1H3. The van der Waals surface area contributed by atoms with Crippen LogP contribution in [0.3, 0.4) is 0 Å². The van der Waals surface area contributed by atoms with Crippen molar-refractivity contribution in [2.24, 2.45) is 0 Å². The first kappa shape index (κ1) is 30.8. The van der Waals surface area contributed by atoms with Crippen molar-refractivity contribution in [1.82, 2.24) is 0 Å². The van der Waals surface area contributed by atoms with Crippen molar-refractivity contribution in [3.05, 3.63) is 65.2 Å². The molecule has 2 rings (SSSR count). The van der Waals surface area contributed by atoms with E-state index >= 15 is 0 Å². The molecule has 0 spiro atoms. The summed E-state index contributed by atoms with van der Waals surface area (Å²) in [6.07, 6.45) is -5.62. The van der Waals surface area contributed by atoms with Crippen LogP contribution in [-0.2, 0) is 4.74 Å². The van der Waals surface area contributed by atoms with Gasteiger partial charge in [0.2, 0.25) is 0 Å². The van der Waals surface area contributed by atoms with Gasteiger partial charge in [-0.05, 0) is 36.4 Å². The maximum Gasteiger partial charge on any atom is 0.384 e. The Morgan fingerprint density at radius 1 is 0.711 bits per heavy atom. The van der Waals surface area contributed by atoms with Crippen molar-refractivity contribution >= 4 is 17.4 Å². The normalized spacial score (nSPS) is 13.4. The van der Waals surface area contributed by atoms with Crippen LogP contribution in [-0.4, -0.2) is 61.4 Å². The maximum absolute atomic E-state index is 13.8. The number of esters is 1. The zero-order valence-corrected chi connectivity index (χ0v) is 18.7. The molecule has 0 amide bonds. The fraction of sp³-hybridized carbons (Fsp3) is 0.364. The number of anilines is 1. The number of benzene rings is 2. The van der Waals surface area contributed by atoms with E-state index in [1.54, 1.807) is 19.2 Å². The van der Waals surface area contributed by atoms with E-state index in [2.05, 4.69) is 10.1 Å². The minimum absolute atomic E-state index is 0.0440. The Labute approximate surface area is 205 Å². The molecule has 0 aromatic heterocycles. The van der Waals surface area contributed by atoms with E-state index < -0.39 is 60.0 Å². The zero-order valence-electron chi connectivity index (χ0n) is 18.7. The number of nitrogens with one attached hydrogen (secondary N) is 1. The molecule has 0 unspecified atom stereocenters. The second-order valence-electron chi connectivity index (χ2n) is 7.66. The van der Waals surface area contributed by atoms with Crippen molar-refractivity contribution in [1.29, 1.82) is 0 Å². The van der Waals surface area contributed by atoms with Crippen molar-refractivity contribution in [3.8, 4) is 0 Å². The SMILES string of the molecule is CNc1ccc(C(=O)c2ccc(C(=O)OCC(F)(F)C(F)(F)C(F)(F)C(F)(F)C(F)(F)C(F)F)cc2)cc1. The van der Waals surface area contributed by atoms with Crippen LogP contribution in [0, 0.1) is 0 Å². The number of ether oxygens (including phenoxy) is 1. The molecule has 0 aliphatic heterocycles. The van der Waals surface area contributed by atoms with E-state index in [0.717, 1.165) is 24.3 Å². The van der Waals surface area contributed by atoms with Gasteiger partial charge in [0.05, 0.1) is 5.56 Å². The number of hydrogen-bond donors (Lipinski definition) is 1. The first-order valence-electron chi connectivity index (χ1n) is 10.0. The van der Waals surface area contributed by atoms with Gasteiger partial charge >= 0.3 is 42.0 Å². The average molecular weight is 569 g/mol. The summed E-state index contributed by atoms with van der Waals surface area (Å²) in [5.74, 6) is -38.7. The van der Waals surface area contributed by atoms with E-state index in [0.29, 0.717) is 5.69 Å². The summed E-state index contributed by atoms with van der Waals surface area (Å²) >= 11 is 0. The fourth-order valence-corrected chi connectivity index (χ4v) is 2.82. The molecule has 16 heteroatoms. The molecule has 4 nitrogen and oxygen atoms in total. The van der Waals surface area contributed by atoms with Crippen LogP contribution in [0.4, 0.5) is 58.4 Å². The molecule has 0 fully saturated rings. The number of ketones is 1. The van der Waals surface area contributed by atoms with E-state index in [1.165, 1.54) is 12.1 Å². The molecule has 1 N–H and O–H groups in total. The van der Waals surface area contributed by atoms with Gasteiger partial charge in [0.1, 0.15) is 0 Å². The minimum atomic E-state index is -7.72. The van der Waals surface area contributed by atoms with Gasteiger partial charge in [-0.2, -0.15) is 43.9 Å². The van der Waals surface area contributed by atoms with Gasteiger partial charge in [-0.3, -0.25) is 4.79 Å². The summed E-state index contributed by atoms with van der Waals surface area (Å²) in [7, 11) is 1.62. The third-order valence-electron chi connectivity index (χ3n) is 5.14. The van der Waals surface area contributed by atoms with E-state index in [1.807, 2.05) is 0 Å². The number of carbonyl (C=O) groups is 2. The molecule has 0 heterocycles. The predicted molar refractivity (Wildman–Crippen MR) is 107 cm³/mol. The van der Waals surface area contributed by atoms with Crippen LogP contribution in [0.15, 0.2) is 48.5 Å². The molecule has 0 aliphatic rings. The molecule has 2 aromatic carbocycles. The van der Waals surface area contributed by atoms with Crippen LogP contribution in [0.1, 0.15) is 26.3 Å². The molecule has 0 radical (unpaired) electrons. The maximum atomic E-state index is 13.8. The Morgan fingerprint density at radius 3 is 1.55 bits per heavy atom. The number of hydrogen-bond acceptors (Lipinski definition) is 4. The molecule has 0 saturated carbocycles. The highest BCUT2D eigenvalue weighted by atomic mass is 19.4. The fourth-order valence-electron chi connectivity index (χ4n) is 2.82. The van der Waals surface area contributed by atoms with Crippen molar-refractivity contribution in [3.63, 3.8) is 0 Å². The highest BCUT2D eigenvalue weighted by molar-refractivity contribution is 6.09. The topological polar surface area (TPSA) is 55.4 Å².